The maximum atomic E-state index is 4.76. The molecule has 0 unspecified atom stereocenters. The zero-order valence-corrected chi connectivity index (χ0v) is 17.0. The molecule has 0 radical (unpaired) electrons. The van der Waals surface area contributed by atoms with E-state index in [1.54, 1.807) is 11.9 Å². The quantitative estimate of drug-likeness (QED) is 0.343. The van der Waals surface area contributed by atoms with Crippen molar-refractivity contribution in [3.05, 3.63) is 71.9 Å². The van der Waals surface area contributed by atoms with Gasteiger partial charge in [0.15, 0.2) is 5.82 Å². The van der Waals surface area contributed by atoms with E-state index in [1.807, 2.05) is 73.3 Å². The van der Waals surface area contributed by atoms with Crippen molar-refractivity contribution < 1.29 is 0 Å². The largest absolute Gasteiger partial charge is 0.369 e. The van der Waals surface area contributed by atoms with Gasteiger partial charge in [-0.05, 0) is 43.6 Å². The van der Waals surface area contributed by atoms with Crippen LogP contribution in [0.25, 0.3) is 5.69 Å². The summed E-state index contributed by atoms with van der Waals surface area (Å²) >= 11 is 1.68. The molecular weight excluding hydrogens is 354 g/mol. The van der Waals surface area contributed by atoms with Gasteiger partial charge in [0.05, 0.1) is 22.6 Å². The maximum absolute atomic E-state index is 4.76. The second-order valence-corrected chi connectivity index (χ2v) is 7.77. The average Bonchev–Trinajstić information content (AvgIpc) is 2.97. The molecule has 0 bridgehead atoms. The minimum absolute atomic E-state index is 0.845. The van der Waals surface area contributed by atoms with E-state index in [1.165, 1.54) is 5.56 Å². The van der Waals surface area contributed by atoms with Gasteiger partial charge in [0.25, 0.3) is 0 Å². The molecular formula is C21H25N5S. The second-order valence-electron chi connectivity index (χ2n) is 6.56. The molecule has 0 N–H and O–H groups in total. The fourth-order valence-corrected chi connectivity index (χ4v) is 3.59. The smallest absolute Gasteiger partial charge is 0.172 e. The number of aromatic nitrogens is 2. The van der Waals surface area contributed by atoms with Crippen molar-refractivity contribution in [2.75, 3.05) is 21.1 Å². The number of para-hydroxylation sites is 1. The summed E-state index contributed by atoms with van der Waals surface area (Å²) in [5.74, 6) is 0.845. The highest BCUT2D eigenvalue weighted by Crippen LogP contribution is 2.36. The van der Waals surface area contributed by atoms with Crippen molar-refractivity contribution in [3.8, 4) is 5.69 Å². The molecule has 2 aromatic carbocycles. The molecule has 3 rings (SSSR count). The Morgan fingerprint density at radius 1 is 1.00 bits per heavy atom. The molecule has 0 saturated heterocycles. The Balaban J connectivity index is 1.92. The Morgan fingerprint density at radius 3 is 2.26 bits per heavy atom. The lowest BCUT2D eigenvalue weighted by molar-refractivity contribution is 0.564. The van der Waals surface area contributed by atoms with Crippen molar-refractivity contribution in [1.29, 1.82) is 0 Å². The van der Waals surface area contributed by atoms with Gasteiger partial charge < -0.3 is 4.90 Å². The van der Waals surface area contributed by atoms with Crippen molar-refractivity contribution >= 4 is 24.1 Å². The van der Waals surface area contributed by atoms with Crippen LogP contribution < -0.4 is 0 Å². The summed E-state index contributed by atoms with van der Waals surface area (Å²) in [4.78, 5) is 7.71. The fraction of sp³-hybridized carbons (Fsp3) is 0.238. The Morgan fingerprint density at radius 2 is 1.63 bits per heavy atom. The number of nitrogens with zero attached hydrogens (tertiary/aromatic N) is 5. The van der Waals surface area contributed by atoms with Crippen LogP contribution in [0.2, 0.25) is 0 Å². The Bertz CT molecular complexity index is 888. The van der Waals surface area contributed by atoms with E-state index < -0.39 is 0 Å². The molecule has 6 heteroatoms. The van der Waals surface area contributed by atoms with E-state index in [9.17, 15) is 0 Å². The van der Waals surface area contributed by atoms with Crippen LogP contribution in [0.4, 0.5) is 5.82 Å². The SMILES string of the molecule is Cc1nn(-c2ccccc2)c(N=CN(C)C)c1SN(C)Cc1ccccc1. The minimum atomic E-state index is 0.845. The van der Waals surface area contributed by atoms with Crippen molar-refractivity contribution in [2.45, 2.75) is 18.4 Å². The first kappa shape index (κ1) is 19.2. The number of rotatable bonds is 7. The molecule has 0 fully saturated rings. The van der Waals surface area contributed by atoms with Crippen LogP contribution in [0.3, 0.4) is 0 Å². The highest BCUT2D eigenvalue weighted by molar-refractivity contribution is 7.97. The zero-order chi connectivity index (χ0) is 19.2. The molecule has 140 valence electrons. The molecule has 0 spiro atoms. The van der Waals surface area contributed by atoms with Gasteiger partial charge in [0.2, 0.25) is 0 Å². The Labute approximate surface area is 165 Å². The Hall–Kier alpha value is -2.57. The number of hydrogen-bond acceptors (Lipinski definition) is 4. The zero-order valence-electron chi connectivity index (χ0n) is 16.2. The van der Waals surface area contributed by atoms with E-state index in [-0.39, 0.29) is 0 Å². The van der Waals surface area contributed by atoms with Crippen molar-refractivity contribution in [3.63, 3.8) is 0 Å². The summed E-state index contributed by atoms with van der Waals surface area (Å²) in [6, 6.07) is 20.6. The first-order valence-corrected chi connectivity index (χ1v) is 9.60. The molecule has 5 nitrogen and oxygen atoms in total. The van der Waals surface area contributed by atoms with Crippen LogP contribution in [-0.4, -0.2) is 46.5 Å². The normalized spacial score (nSPS) is 11.4. The molecule has 1 heterocycles. The summed E-state index contributed by atoms with van der Waals surface area (Å²) < 4.78 is 4.12. The van der Waals surface area contributed by atoms with Gasteiger partial charge >= 0.3 is 0 Å². The standard InChI is InChI=1S/C21H25N5S/c1-17-20(27-25(4)15-18-11-7-5-8-12-18)21(22-16-24(2)3)26(23-17)19-13-9-6-10-14-19/h5-14,16H,15H2,1-4H3. The third-order valence-electron chi connectivity index (χ3n) is 3.89. The van der Waals surface area contributed by atoms with Gasteiger partial charge in [-0.1, -0.05) is 48.5 Å². The topological polar surface area (TPSA) is 36.7 Å². The van der Waals surface area contributed by atoms with E-state index in [0.717, 1.165) is 28.6 Å². The lowest BCUT2D eigenvalue weighted by atomic mass is 10.2. The van der Waals surface area contributed by atoms with Crippen LogP contribution in [0.1, 0.15) is 11.3 Å². The number of benzene rings is 2. The first-order chi connectivity index (χ1) is 13.0. The van der Waals surface area contributed by atoms with Gasteiger partial charge in [0.1, 0.15) is 0 Å². The fourth-order valence-electron chi connectivity index (χ4n) is 2.67. The molecule has 3 aromatic rings. The van der Waals surface area contributed by atoms with Crippen LogP contribution in [-0.2, 0) is 6.54 Å². The number of hydrogen-bond donors (Lipinski definition) is 0. The van der Waals surface area contributed by atoms with E-state index in [0.29, 0.717) is 0 Å². The third kappa shape index (κ3) is 4.99. The monoisotopic (exact) mass is 379 g/mol. The molecule has 1 aromatic heterocycles. The van der Waals surface area contributed by atoms with Crippen LogP contribution in [0, 0.1) is 6.92 Å². The van der Waals surface area contributed by atoms with Crippen molar-refractivity contribution in [1.82, 2.24) is 19.0 Å². The summed E-state index contributed by atoms with van der Waals surface area (Å²) in [5.41, 5.74) is 3.25. The summed E-state index contributed by atoms with van der Waals surface area (Å²) in [5, 5.41) is 4.76. The molecule has 27 heavy (non-hydrogen) atoms. The van der Waals surface area contributed by atoms with Gasteiger partial charge in [-0.15, -0.1) is 0 Å². The molecule has 0 saturated carbocycles. The lowest BCUT2D eigenvalue weighted by Gasteiger charge is -2.16. The van der Waals surface area contributed by atoms with Crippen LogP contribution >= 0.6 is 11.9 Å². The lowest BCUT2D eigenvalue weighted by Crippen LogP contribution is -2.09. The highest BCUT2D eigenvalue weighted by atomic mass is 32.2. The van der Waals surface area contributed by atoms with Gasteiger partial charge in [-0.25, -0.2) is 14.0 Å². The predicted molar refractivity (Wildman–Crippen MR) is 114 cm³/mol. The van der Waals surface area contributed by atoms with Gasteiger partial charge in [0, 0.05) is 20.6 Å². The average molecular weight is 380 g/mol. The molecule has 0 aliphatic rings. The summed E-state index contributed by atoms with van der Waals surface area (Å²) in [6.07, 6.45) is 1.82. The number of aliphatic imine (C=N–C) groups is 1. The highest BCUT2D eigenvalue weighted by Gasteiger charge is 2.18. The minimum Gasteiger partial charge on any atom is -0.369 e. The van der Waals surface area contributed by atoms with Gasteiger partial charge in [-0.2, -0.15) is 5.10 Å². The summed E-state index contributed by atoms with van der Waals surface area (Å²) in [6.45, 7) is 2.88. The molecule has 0 atom stereocenters. The third-order valence-corrected chi connectivity index (χ3v) is 4.99. The molecule has 0 amide bonds. The van der Waals surface area contributed by atoms with E-state index in [4.69, 9.17) is 10.1 Å². The molecule has 0 aliphatic carbocycles. The first-order valence-electron chi connectivity index (χ1n) is 8.83. The van der Waals surface area contributed by atoms with E-state index >= 15 is 0 Å². The van der Waals surface area contributed by atoms with Gasteiger partial charge in [-0.3, -0.25) is 0 Å². The summed E-state index contributed by atoms with van der Waals surface area (Å²) in [7, 11) is 6.03. The number of aryl methyl sites for hydroxylation is 1. The van der Waals surface area contributed by atoms with Crippen molar-refractivity contribution in [2.24, 2.45) is 4.99 Å². The maximum Gasteiger partial charge on any atom is 0.172 e. The van der Waals surface area contributed by atoms with E-state index in [2.05, 4.69) is 35.6 Å². The predicted octanol–water partition coefficient (Wildman–Crippen LogP) is 4.54. The van der Waals surface area contributed by atoms with Crippen LogP contribution in [0.15, 0.2) is 70.6 Å². The van der Waals surface area contributed by atoms with Crippen LogP contribution in [0.5, 0.6) is 0 Å². The Kier molecular flexibility index (Phi) is 6.32. The second kappa shape index (κ2) is 8.88. The molecule has 0 aliphatic heterocycles.